The predicted octanol–water partition coefficient (Wildman–Crippen LogP) is 5.49. The lowest BCUT2D eigenvalue weighted by Crippen LogP contribution is -2.17. The molecule has 1 aliphatic rings. The Kier molecular flexibility index (Phi) is 6.44. The number of ether oxygens (including phenoxy) is 3. The Morgan fingerprint density at radius 1 is 1.09 bits per heavy atom. The number of hydrogen-bond acceptors (Lipinski definition) is 7. The van der Waals surface area contributed by atoms with Gasteiger partial charge in [0.2, 0.25) is 5.69 Å². The highest BCUT2D eigenvalue weighted by molar-refractivity contribution is 5.89. The summed E-state index contributed by atoms with van der Waals surface area (Å²) in [7, 11) is 0. The van der Waals surface area contributed by atoms with Gasteiger partial charge in [-0.25, -0.2) is 9.18 Å². The minimum atomic E-state index is -4.88. The Balaban J connectivity index is 1.61. The molecule has 1 saturated carbocycles. The lowest BCUT2D eigenvalue weighted by molar-refractivity contribution is -0.274. The third-order valence-corrected chi connectivity index (χ3v) is 4.83. The number of carbonyl (C=O) groups excluding carboxylic acids is 1. The molecule has 1 fully saturated rings. The monoisotopic (exact) mass is 475 g/mol. The van der Waals surface area contributed by atoms with E-state index in [9.17, 15) is 22.4 Å². The molecule has 3 aromatic rings. The summed E-state index contributed by atoms with van der Waals surface area (Å²) < 4.78 is 65.7. The van der Waals surface area contributed by atoms with Crippen molar-refractivity contribution in [1.82, 2.24) is 15.2 Å². The van der Waals surface area contributed by atoms with Crippen molar-refractivity contribution in [2.24, 2.45) is 5.92 Å². The van der Waals surface area contributed by atoms with Crippen LogP contribution in [0, 0.1) is 11.7 Å². The Morgan fingerprint density at radius 3 is 2.50 bits per heavy atom. The van der Waals surface area contributed by atoms with Gasteiger partial charge in [0, 0.05) is 5.56 Å². The number of alkyl halides is 3. The zero-order valence-electron chi connectivity index (χ0n) is 17.5. The van der Waals surface area contributed by atoms with Crippen molar-refractivity contribution < 1.29 is 36.6 Å². The molecule has 0 radical (unpaired) electrons. The van der Waals surface area contributed by atoms with Crippen LogP contribution < -0.4 is 9.47 Å². The Bertz CT molecular complexity index is 1220. The van der Waals surface area contributed by atoms with E-state index in [1.54, 1.807) is 0 Å². The van der Waals surface area contributed by atoms with Gasteiger partial charge in [-0.2, -0.15) is 4.98 Å². The summed E-state index contributed by atoms with van der Waals surface area (Å²) in [6.45, 7) is 3.97. The third-order valence-electron chi connectivity index (χ3n) is 4.83. The molecular formula is C23H17F4N3O4. The fraction of sp³-hybridized carbons (Fsp3) is 0.217. The number of benzene rings is 2. The summed E-state index contributed by atoms with van der Waals surface area (Å²) in [5, 5.41) is 7.67. The number of carbonyl (C=O) groups is 1. The molecule has 1 aliphatic carbocycles. The maximum atomic E-state index is 13.2. The van der Waals surface area contributed by atoms with Crippen LogP contribution in [0.4, 0.5) is 17.6 Å². The molecule has 0 spiro atoms. The third kappa shape index (κ3) is 6.06. The van der Waals surface area contributed by atoms with E-state index in [0.717, 1.165) is 36.3 Å². The van der Waals surface area contributed by atoms with Crippen LogP contribution in [0.2, 0.25) is 0 Å². The molecule has 0 aliphatic heterocycles. The number of rotatable bonds is 8. The number of esters is 1. The van der Waals surface area contributed by atoms with Crippen LogP contribution in [0.5, 0.6) is 17.4 Å². The largest absolute Gasteiger partial charge is 0.573 e. The molecule has 1 aromatic heterocycles. The standard InChI is InChI=1S/C23H17F4N3O4/c1-13-11-14(13)9-10-32-22(31)19-21(33-17-7-5-16(24)6-8-17)28-20(30-29-19)15-3-2-4-18(12-15)34-23(25,26)27/h2-8,12,14H,1,9-11H2. The molecule has 7 nitrogen and oxygen atoms in total. The van der Waals surface area contributed by atoms with Gasteiger partial charge >= 0.3 is 12.3 Å². The topological polar surface area (TPSA) is 83.4 Å². The summed E-state index contributed by atoms with van der Waals surface area (Å²) in [5.74, 6) is -1.80. The molecule has 1 atom stereocenters. The first-order chi connectivity index (χ1) is 16.2. The molecular weight excluding hydrogens is 458 g/mol. The fourth-order valence-corrected chi connectivity index (χ4v) is 3.01. The van der Waals surface area contributed by atoms with Gasteiger partial charge in [-0.15, -0.1) is 23.4 Å². The molecule has 4 rings (SSSR count). The second-order valence-corrected chi connectivity index (χ2v) is 7.40. The van der Waals surface area contributed by atoms with Gasteiger partial charge in [-0.05, 0) is 55.2 Å². The fourth-order valence-electron chi connectivity index (χ4n) is 3.01. The zero-order chi connectivity index (χ0) is 24.3. The van der Waals surface area contributed by atoms with Crippen LogP contribution in [0.25, 0.3) is 11.4 Å². The van der Waals surface area contributed by atoms with E-state index < -0.39 is 23.9 Å². The van der Waals surface area contributed by atoms with Gasteiger partial charge in [0.05, 0.1) is 6.61 Å². The highest BCUT2D eigenvalue weighted by atomic mass is 19.4. The molecule has 0 amide bonds. The first kappa shape index (κ1) is 23.1. The predicted molar refractivity (Wildman–Crippen MR) is 111 cm³/mol. The summed E-state index contributed by atoms with van der Waals surface area (Å²) >= 11 is 0. The van der Waals surface area contributed by atoms with Crippen LogP contribution in [-0.2, 0) is 4.74 Å². The highest BCUT2D eigenvalue weighted by Crippen LogP contribution is 2.38. The second kappa shape index (κ2) is 9.46. The maximum Gasteiger partial charge on any atom is 0.573 e. The number of halogens is 4. The molecule has 34 heavy (non-hydrogen) atoms. The lowest BCUT2D eigenvalue weighted by atomic mass is 10.2. The maximum absolute atomic E-state index is 13.2. The molecule has 0 saturated heterocycles. The number of nitrogens with zero attached hydrogens (tertiary/aromatic N) is 3. The SMILES string of the molecule is C=C1CC1CCOC(=O)c1nnc(-c2cccc(OC(F)(F)F)c2)nc1Oc1ccc(F)cc1. The van der Waals surface area contributed by atoms with Gasteiger partial charge in [-0.3, -0.25) is 0 Å². The summed E-state index contributed by atoms with van der Waals surface area (Å²) in [5.41, 5.74) is 0.884. The van der Waals surface area contributed by atoms with Crippen molar-refractivity contribution in [2.75, 3.05) is 6.61 Å². The number of hydrogen-bond donors (Lipinski definition) is 0. The molecule has 0 bridgehead atoms. The van der Waals surface area contributed by atoms with E-state index >= 15 is 0 Å². The smallest absolute Gasteiger partial charge is 0.461 e. The van der Waals surface area contributed by atoms with E-state index in [4.69, 9.17) is 9.47 Å². The molecule has 11 heteroatoms. The van der Waals surface area contributed by atoms with Gasteiger partial charge < -0.3 is 14.2 Å². The van der Waals surface area contributed by atoms with Crippen LogP contribution >= 0.6 is 0 Å². The Hall–Kier alpha value is -4.02. The van der Waals surface area contributed by atoms with Crippen molar-refractivity contribution in [3.8, 4) is 28.8 Å². The Morgan fingerprint density at radius 2 is 1.82 bits per heavy atom. The molecule has 0 N–H and O–H groups in total. The molecule has 2 aromatic carbocycles. The van der Waals surface area contributed by atoms with Gasteiger partial charge in [0.15, 0.2) is 5.82 Å². The normalized spacial score (nSPS) is 15.1. The van der Waals surface area contributed by atoms with E-state index in [1.165, 1.54) is 24.3 Å². The highest BCUT2D eigenvalue weighted by Gasteiger charge is 2.31. The average Bonchev–Trinajstić information content (AvgIpc) is 3.49. The minimum Gasteiger partial charge on any atom is -0.461 e. The van der Waals surface area contributed by atoms with E-state index in [2.05, 4.69) is 26.5 Å². The minimum absolute atomic E-state index is 0.124. The van der Waals surface area contributed by atoms with Crippen molar-refractivity contribution in [1.29, 1.82) is 0 Å². The summed E-state index contributed by atoms with van der Waals surface area (Å²) in [4.78, 5) is 16.7. The van der Waals surface area contributed by atoms with Crippen LogP contribution in [-0.4, -0.2) is 34.1 Å². The van der Waals surface area contributed by atoms with E-state index in [1.807, 2.05) is 0 Å². The van der Waals surface area contributed by atoms with Crippen LogP contribution in [0.1, 0.15) is 23.3 Å². The van der Waals surface area contributed by atoms with Crippen molar-refractivity contribution in [3.05, 3.63) is 72.2 Å². The number of aromatic nitrogens is 3. The van der Waals surface area contributed by atoms with Crippen molar-refractivity contribution in [2.45, 2.75) is 19.2 Å². The van der Waals surface area contributed by atoms with E-state index in [-0.39, 0.29) is 35.3 Å². The summed E-state index contributed by atoms with van der Waals surface area (Å²) in [6, 6.07) is 9.82. The lowest BCUT2D eigenvalue weighted by Gasteiger charge is -2.11. The Labute approximate surface area is 191 Å². The number of allylic oxidation sites excluding steroid dienone is 1. The average molecular weight is 475 g/mol. The summed E-state index contributed by atoms with van der Waals surface area (Å²) in [6.07, 6.45) is -3.37. The molecule has 1 unspecified atom stereocenters. The van der Waals surface area contributed by atoms with Crippen LogP contribution in [0.15, 0.2) is 60.7 Å². The quantitative estimate of drug-likeness (QED) is 0.242. The molecule has 176 valence electrons. The zero-order valence-corrected chi connectivity index (χ0v) is 17.5. The van der Waals surface area contributed by atoms with Crippen molar-refractivity contribution in [3.63, 3.8) is 0 Å². The second-order valence-electron chi connectivity index (χ2n) is 7.40. The van der Waals surface area contributed by atoms with Gasteiger partial charge in [-0.1, -0.05) is 24.3 Å². The van der Waals surface area contributed by atoms with E-state index in [0.29, 0.717) is 12.3 Å². The van der Waals surface area contributed by atoms with Crippen LogP contribution in [0.3, 0.4) is 0 Å². The van der Waals surface area contributed by atoms with Gasteiger partial charge in [0.1, 0.15) is 17.3 Å². The van der Waals surface area contributed by atoms with Crippen molar-refractivity contribution >= 4 is 5.97 Å². The first-order valence-electron chi connectivity index (χ1n) is 10.1. The molecule has 1 heterocycles. The van der Waals surface area contributed by atoms with Gasteiger partial charge in [0.25, 0.3) is 5.88 Å². The first-order valence-corrected chi connectivity index (χ1v) is 10.1.